The molecule has 10 nitrogen and oxygen atoms in total. The first kappa shape index (κ1) is 22.1. The highest BCUT2D eigenvalue weighted by Crippen LogP contribution is 2.38. The third kappa shape index (κ3) is 3.78. The summed E-state index contributed by atoms with van der Waals surface area (Å²) in [5.41, 5.74) is -0.326. The Morgan fingerprint density at radius 3 is 2.19 bits per heavy atom. The maximum atomic E-state index is 12.7. The smallest absolute Gasteiger partial charge is 0.197 e. The highest BCUT2D eigenvalue weighted by atomic mass is 16.5. The van der Waals surface area contributed by atoms with E-state index >= 15 is 0 Å². The summed E-state index contributed by atoms with van der Waals surface area (Å²) in [4.78, 5) is 12.7. The fourth-order valence-corrected chi connectivity index (χ4v) is 3.85. The van der Waals surface area contributed by atoms with Gasteiger partial charge in [-0.2, -0.15) is 0 Å². The molecule has 170 valence electrons. The number of benzene rings is 2. The maximum Gasteiger partial charge on any atom is 0.197 e. The molecule has 0 aliphatic carbocycles. The summed E-state index contributed by atoms with van der Waals surface area (Å²) >= 11 is 0. The lowest BCUT2D eigenvalue weighted by Gasteiger charge is -2.40. The van der Waals surface area contributed by atoms with E-state index in [-0.39, 0.29) is 34.5 Å². The first-order valence-corrected chi connectivity index (χ1v) is 9.82. The van der Waals surface area contributed by atoms with Crippen molar-refractivity contribution in [3.8, 4) is 28.6 Å². The van der Waals surface area contributed by atoms with Crippen LogP contribution < -0.4 is 5.43 Å². The highest BCUT2D eigenvalue weighted by Gasteiger charge is 2.43. The van der Waals surface area contributed by atoms with E-state index in [2.05, 4.69) is 0 Å². The third-order valence-electron chi connectivity index (χ3n) is 5.62. The second-order valence-corrected chi connectivity index (χ2v) is 7.69. The van der Waals surface area contributed by atoms with E-state index in [1.807, 2.05) is 0 Å². The number of aromatic hydroxyl groups is 3. The Morgan fingerprint density at radius 1 is 0.875 bits per heavy atom. The first-order valence-electron chi connectivity index (χ1n) is 9.82. The summed E-state index contributed by atoms with van der Waals surface area (Å²) in [5.74, 6) is -0.839. The van der Waals surface area contributed by atoms with Crippen molar-refractivity contribution < 1.29 is 44.9 Å². The van der Waals surface area contributed by atoms with Gasteiger partial charge in [-0.25, -0.2) is 0 Å². The molecular weight excluding hydrogens is 424 g/mol. The molecule has 0 bridgehead atoms. The number of phenols is 3. The molecule has 1 aromatic heterocycles. The lowest BCUT2D eigenvalue weighted by molar-refractivity contribution is -0.228. The molecule has 2 heterocycles. The van der Waals surface area contributed by atoms with Crippen molar-refractivity contribution >= 4 is 11.0 Å². The molecule has 7 N–H and O–H groups in total. The Morgan fingerprint density at radius 2 is 1.53 bits per heavy atom. The molecule has 3 aromatic rings. The van der Waals surface area contributed by atoms with Gasteiger partial charge in [0.25, 0.3) is 0 Å². The van der Waals surface area contributed by atoms with Gasteiger partial charge in [0.05, 0.1) is 12.7 Å². The molecular formula is C22H22O10. The van der Waals surface area contributed by atoms with Crippen LogP contribution in [0, 0.1) is 0 Å². The summed E-state index contributed by atoms with van der Waals surface area (Å²) in [6.07, 6.45) is -7.41. The largest absolute Gasteiger partial charge is 0.508 e. The van der Waals surface area contributed by atoms with Gasteiger partial charge in [0.1, 0.15) is 58.4 Å². The van der Waals surface area contributed by atoms with E-state index in [4.69, 9.17) is 9.15 Å². The minimum Gasteiger partial charge on any atom is -0.508 e. The van der Waals surface area contributed by atoms with E-state index < -0.39 is 54.1 Å². The molecule has 1 aliphatic heterocycles. The predicted molar refractivity (Wildman–Crippen MR) is 110 cm³/mol. The van der Waals surface area contributed by atoms with Crippen LogP contribution in [0.2, 0.25) is 0 Å². The van der Waals surface area contributed by atoms with Gasteiger partial charge in [0.15, 0.2) is 5.43 Å². The van der Waals surface area contributed by atoms with E-state index in [0.29, 0.717) is 5.56 Å². The van der Waals surface area contributed by atoms with Crippen molar-refractivity contribution in [3.63, 3.8) is 0 Å². The second-order valence-electron chi connectivity index (χ2n) is 7.69. The number of aliphatic hydroxyl groups is 4. The summed E-state index contributed by atoms with van der Waals surface area (Å²) in [6.45, 7) is -0.624. The normalized spacial score (nSPS) is 25.8. The Labute approximate surface area is 180 Å². The fraction of sp³-hybridized carbons (Fsp3) is 0.318. The third-order valence-corrected chi connectivity index (χ3v) is 5.62. The van der Waals surface area contributed by atoms with Crippen molar-refractivity contribution in [1.29, 1.82) is 0 Å². The molecule has 1 saturated heterocycles. The molecule has 5 unspecified atom stereocenters. The van der Waals surface area contributed by atoms with E-state index in [1.165, 1.54) is 24.3 Å². The molecule has 32 heavy (non-hydrogen) atoms. The van der Waals surface area contributed by atoms with Crippen molar-refractivity contribution in [2.75, 3.05) is 6.61 Å². The highest BCUT2D eigenvalue weighted by molar-refractivity contribution is 5.88. The topological polar surface area (TPSA) is 181 Å². The molecule has 1 fully saturated rings. The number of hydrogen-bond donors (Lipinski definition) is 7. The zero-order valence-electron chi connectivity index (χ0n) is 16.6. The number of hydrogen-bond acceptors (Lipinski definition) is 10. The van der Waals surface area contributed by atoms with Crippen LogP contribution in [-0.4, -0.2) is 72.9 Å². The van der Waals surface area contributed by atoms with Crippen LogP contribution in [0.4, 0.5) is 0 Å². The van der Waals surface area contributed by atoms with Crippen molar-refractivity contribution in [1.82, 2.24) is 0 Å². The summed E-state index contributed by atoms with van der Waals surface area (Å²) in [5, 5.41) is 69.8. The summed E-state index contributed by atoms with van der Waals surface area (Å²) in [6, 6.07) is 8.19. The number of phenolic OH excluding ortho intramolecular Hbond substituents is 3. The minimum atomic E-state index is -1.62. The Kier molecular flexibility index (Phi) is 5.80. The van der Waals surface area contributed by atoms with Crippen LogP contribution in [0.1, 0.15) is 5.56 Å². The van der Waals surface area contributed by atoms with E-state index in [1.54, 1.807) is 0 Å². The molecule has 1 aliphatic rings. The average Bonchev–Trinajstić information content (AvgIpc) is 2.76. The number of aliphatic hydroxyl groups excluding tert-OH is 4. The van der Waals surface area contributed by atoms with Crippen LogP contribution in [0.15, 0.2) is 45.6 Å². The summed E-state index contributed by atoms with van der Waals surface area (Å²) in [7, 11) is 0. The SMILES string of the molecule is O=c1cc(-c2ccc(O)cc2)oc2cc(O)c(CC3OC(CO)C(O)C(O)C3O)c(O)c12. The molecule has 0 radical (unpaired) electrons. The van der Waals surface area contributed by atoms with Gasteiger partial charge in [0.2, 0.25) is 0 Å². The van der Waals surface area contributed by atoms with Crippen LogP contribution in [0.25, 0.3) is 22.3 Å². The Balaban J connectivity index is 1.74. The average molecular weight is 446 g/mol. The Bertz CT molecular complexity index is 1180. The van der Waals surface area contributed by atoms with Crippen LogP contribution in [0.5, 0.6) is 17.2 Å². The molecule has 10 heteroatoms. The molecule has 2 aromatic carbocycles. The van der Waals surface area contributed by atoms with Gasteiger partial charge in [-0.1, -0.05) is 0 Å². The van der Waals surface area contributed by atoms with E-state index in [0.717, 1.165) is 12.1 Å². The molecule has 5 atom stereocenters. The lowest BCUT2D eigenvalue weighted by Crippen LogP contribution is -2.59. The molecule has 0 saturated carbocycles. The van der Waals surface area contributed by atoms with Crippen LogP contribution >= 0.6 is 0 Å². The summed E-state index contributed by atoms with van der Waals surface area (Å²) < 4.78 is 11.1. The predicted octanol–water partition coefficient (Wildman–Crippen LogP) is -0.0383. The van der Waals surface area contributed by atoms with Crippen LogP contribution in [0.3, 0.4) is 0 Å². The van der Waals surface area contributed by atoms with Gasteiger partial charge >= 0.3 is 0 Å². The number of rotatable bonds is 4. The van der Waals surface area contributed by atoms with Crippen molar-refractivity contribution in [2.24, 2.45) is 0 Å². The zero-order chi connectivity index (χ0) is 23.2. The number of fused-ring (bicyclic) bond motifs is 1. The minimum absolute atomic E-state index is 0.0324. The molecule has 0 spiro atoms. The Hall–Kier alpha value is -3.15. The second kappa shape index (κ2) is 8.41. The quantitative estimate of drug-likeness (QED) is 0.287. The van der Waals surface area contributed by atoms with Gasteiger partial charge in [-0.05, 0) is 24.3 Å². The van der Waals surface area contributed by atoms with Crippen molar-refractivity contribution in [3.05, 3.63) is 52.2 Å². The van der Waals surface area contributed by atoms with Gasteiger partial charge in [0, 0.05) is 29.7 Å². The molecule has 4 rings (SSSR count). The van der Waals surface area contributed by atoms with Crippen molar-refractivity contribution in [2.45, 2.75) is 36.9 Å². The fourth-order valence-electron chi connectivity index (χ4n) is 3.85. The monoisotopic (exact) mass is 446 g/mol. The lowest BCUT2D eigenvalue weighted by atomic mass is 9.90. The number of ether oxygens (including phenoxy) is 1. The van der Waals surface area contributed by atoms with Gasteiger partial charge in [-0.3, -0.25) is 4.79 Å². The van der Waals surface area contributed by atoms with E-state index in [9.17, 15) is 40.5 Å². The molecule has 0 amide bonds. The zero-order valence-corrected chi connectivity index (χ0v) is 16.6. The maximum absolute atomic E-state index is 12.7. The van der Waals surface area contributed by atoms with Gasteiger partial charge < -0.3 is 44.9 Å². The standard InChI is InChI=1S/C22H22O10/c23-8-17-21(29)22(30)20(28)16(32-17)5-11-12(25)6-15-18(19(11)27)13(26)7-14(31-15)9-1-3-10(24)4-2-9/h1-4,6-7,16-17,20-25,27-30H,5,8H2. The van der Waals surface area contributed by atoms with Crippen LogP contribution in [-0.2, 0) is 11.2 Å². The van der Waals surface area contributed by atoms with Gasteiger partial charge in [-0.15, -0.1) is 0 Å². The first-order chi connectivity index (χ1) is 15.2.